The molecule has 0 saturated carbocycles. The topological polar surface area (TPSA) is 62.6 Å². The van der Waals surface area contributed by atoms with Gasteiger partial charge in [-0.3, -0.25) is 0 Å². The molecule has 0 spiro atoms. The molecule has 6 heteroatoms. The van der Waals surface area contributed by atoms with E-state index in [1.807, 2.05) is 0 Å². The number of hydrogen-bond acceptors (Lipinski definition) is 4. The predicted molar refractivity (Wildman–Crippen MR) is 73.2 cm³/mol. The highest BCUT2D eigenvalue weighted by Gasteiger charge is 2.29. The van der Waals surface area contributed by atoms with Crippen LogP contribution in [0.1, 0.15) is 31.9 Å². The number of rotatable bonds is 4. The van der Waals surface area contributed by atoms with Crippen molar-refractivity contribution < 1.29 is 12.8 Å². The van der Waals surface area contributed by atoms with Crippen LogP contribution in [0.5, 0.6) is 0 Å². The number of nitrogens with one attached hydrogen (secondary N) is 1. The van der Waals surface area contributed by atoms with Crippen LogP contribution in [0.2, 0.25) is 0 Å². The largest absolute Gasteiger partial charge is 0.447 e. The second kappa shape index (κ2) is 6.07. The van der Waals surface area contributed by atoms with Gasteiger partial charge in [-0.15, -0.1) is 0 Å². The van der Waals surface area contributed by atoms with Gasteiger partial charge < -0.3 is 9.73 Å². The van der Waals surface area contributed by atoms with E-state index in [1.165, 1.54) is 0 Å². The van der Waals surface area contributed by atoms with Gasteiger partial charge in [0, 0.05) is 13.1 Å². The Bertz CT molecular complexity index is 510. The summed E-state index contributed by atoms with van der Waals surface area (Å²) in [5.41, 5.74) is 0. The lowest BCUT2D eigenvalue weighted by Crippen LogP contribution is -2.31. The molecule has 2 heterocycles. The first kappa shape index (κ1) is 14.6. The minimum absolute atomic E-state index is 0.0623. The van der Waals surface area contributed by atoms with Crippen molar-refractivity contribution in [2.45, 2.75) is 37.8 Å². The monoisotopic (exact) mass is 286 g/mol. The first-order valence-electron chi connectivity index (χ1n) is 6.77. The molecule has 1 aromatic rings. The molecule has 2 rings (SSSR count). The Balaban J connectivity index is 2.15. The summed E-state index contributed by atoms with van der Waals surface area (Å²) in [7, 11) is -1.67. The van der Waals surface area contributed by atoms with Crippen molar-refractivity contribution in [1.29, 1.82) is 0 Å². The molecule has 0 amide bonds. The zero-order valence-electron chi connectivity index (χ0n) is 11.6. The summed E-state index contributed by atoms with van der Waals surface area (Å²) >= 11 is 0. The van der Waals surface area contributed by atoms with Crippen molar-refractivity contribution in [3.63, 3.8) is 0 Å². The van der Waals surface area contributed by atoms with E-state index in [9.17, 15) is 8.42 Å². The van der Waals surface area contributed by atoms with Gasteiger partial charge in [0.15, 0.2) is 0 Å². The molecule has 0 radical (unpaired) electrons. The quantitative estimate of drug-likeness (QED) is 0.917. The van der Waals surface area contributed by atoms with Crippen LogP contribution < -0.4 is 5.32 Å². The third-order valence-electron chi connectivity index (χ3n) is 3.56. The predicted octanol–water partition coefficient (Wildman–Crippen LogP) is 1.81. The molecule has 1 aliphatic heterocycles. The van der Waals surface area contributed by atoms with Gasteiger partial charge >= 0.3 is 0 Å². The Morgan fingerprint density at radius 2 is 2.16 bits per heavy atom. The van der Waals surface area contributed by atoms with Crippen molar-refractivity contribution >= 4 is 10.0 Å². The van der Waals surface area contributed by atoms with Crippen molar-refractivity contribution in [3.8, 4) is 0 Å². The standard InChI is InChI=1S/C13H22N2O3S/c1-11-4-3-8-15(9-7-11)19(16,17)13-6-5-12(18-13)10-14-2/h5-6,11,14H,3-4,7-10H2,1-2H3. The average Bonchev–Trinajstić information content (AvgIpc) is 2.72. The van der Waals surface area contributed by atoms with E-state index in [-0.39, 0.29) is 5.09 Å². The molecule has 1 aromatic heterocycles. The highest BCUT2D eigenvalue weighted by molar-refractivity contribution is 7.89. The first-order valence-corrected chi connectivity index (χ1v) is 8.21. The van der Waals surface area contributed by atoms with E-state index in [1.54, 1.807) is 23.5 Å². The van der Waals surface area contributed by atoms with Gasteiger partial charge in [0.2, 0.25) is 5.09 Å². The maximum Gasteiger partial charge on any atom is 0.276 e. The highest BCUT2D eigenvalue weighted by atomic mass is 32.2. The van der Waals surface area contributed by atoms with E-state index >= 15 is 0 Å². The maximum absolute atomic E-state index is 12.5. The Hall–Kier alpha value is -0.850. The fraction of sp³-hybridized carbons (Fsp3) is 0.692. The van der Waals surface area contributed by atoms with Crippen molar-refractivity contribution in [3.05, 3.63) is 17.9 Å². The second-order valence-electron chi connectivity index (χ2n) is 5.19. The molecule has 1 saturated heterocycles. The van der Waals surface area contributed by atoms with Crippen LogP contribution in [0.3, 0.4) is 0 Å². The van der Waals surface area contributed by atoms with E-state index in [4.69, 9.17) is 4.42 Å². The third kappa shape index (κ3) is 3.38. The summed E-state index contributed by atoms with van der Waals surface area (Å²) < 4.78 is 31.9. The molecule has 19 heavy (non-hydrogen) atoms. The number of nitrogens with zero attached hydrogens (tertiary/aromatic N) is 1. The maximum atomic E-state index is 12.5. The third-order valence-corrected chi connectivity index (χ3v) is 5.33. The normalized spacial score (nSPS) is 22.3. The SMILES string of the molecule is CNCc1ccc(S(=O)(=O)N2CCCC(C)CC2)o1. The van der Waals surface area contributed by atoms with Gasteiger partial charge in [-0.2, -0.15) is 4.31 Å². The van der Waals surface area contributed by atoms with Gasteiger partial charge in [-0.25, -0.2) is 8.42 Å². The molecule has 1 N–H and O–H groups in total. The summed E-state index contributed by atoms with van der Waals surface area (Å²) in [5.74, 6) is 1.24. The fourth-order valence-corrected chi connectivity index (χ4v) is 3.79. The molecule has 1 atom stereocenters. The van der Waals surface area contributed by atoms with Gasteiger partial charge in [0.05, 0.1) is 6.54 Å². The number of hydrogen-bond donors (Lipinski definition) is 1. The minimum Gasteiger partial charge on any atom is -0.447 e. The molecular weight excluding hydrogens is 264 g/mol. The summed E-state index contributed by atoms with van der Waals surface area (Å²) in [6.45, 7) is 3.89. The molecule has 5 nitrogen and oxygen atoms in total. The number of furan rings is 1. The van der Waals surface area contributed by atoms with Gasteiger partial charge in [-0.1, -0.05) is 6.92 Å². The van der Waals surface area contributed by atoms with Crippen LogP contribution in [0.4, 0.5) is 0 Å². The summed E-state index contributed by atoms with van der Waals surface area (Å²) in [5, 5.41) is 3.00. The minimum atomic E-state index is -3.47. The van der Waals surface area contributed by atoms with Gasteiger partial charge in [0.25, 0.3) is 10.0 Å². The summed E-state index contributed by atoms with van der Waals surface area (Å²) in [6, 6.07) is 3.26. The molecule has 108 valence electrons. The van der Waals surface area contributed by atoms with Crippen LogP contribution in [0.15, 0.2) is 21.6 Å². The van der Waals surface area contributed by atoms with Crippen molar-refractivity contribution in [2.75, 3.05) is 20.1 Å². The lowest BCUT2D eigenvalue weighted by Gasteiger charge is -2.18. The van der Waals surface area contributed by atoms with Crippen molar-refractivity contribution in [2.24, 2.45) is 5.92 Å². The lowest BCUT2D eigenvalue weighted by molar-refractivity contribution is 0.367. The van der Waals surface area contributed by atoms with Crippen LogP contribution in [0, 0.1) is 5.92 Å². The molecule has 1 unspecified atom stereocenters. The molecule has 0 aliphatic carbocycles. The number of sulfonamides is 1. The van der Waals surface area contributed by atoms with Gasteiger partial charge in [0.1, 0.15) is 5.76 Å². The summed E-state index contributed by atoms with van der Waals surface area (Å²) in [4.78, 5) is 0. The highest BCUT2D eigenvalue weighted by Crippen LogP contribution is 2.24. The van der Waals surface area contributed by atoms with E-state index in [0.717, 1.165) is 19.3 Å². The van der Waals surface area contributed by atoms with E-state index < -0.39 is 10.0 Å². The Morgan fingerprint density at radius 1 is 1.37 bits per heavy atom. The molecule has 0 bridgehead atoms. The Labute approximate surface area is 115 Å². The molecular formula is C13H22N2O3S. The zero-order valence-corrected chi connectivity index (χ0v) is 12.4. The molecule has 1 fully saturated rings. The van der Waals surface area contributed by atoms with Crippen LogP contribution in [0.25, 0.3) is 0 Å². The Morgan fingerprint density at radius 3 is 2.89 bits per heavy atom. The first-order chi connectivity index (χ1) is 9.04. The van der Waals surface area contributed by atoms with Gasteiger partial charge in [-0.05, 0) is 44.4 Å². The average molecular weight is 286 g/mol. The van der Waals surface area contributed by atoms with Crippen LogP contribution in [-0.2, 0) is 16.6 Å². The van der Waals surface area contributed by atoms with Crippen LogP contribution >= 0.6 is 0 Å². The zero-order chi connectivity index (χ0) is 13.9. The smallest absolute Gasteiger partial charge is 0.276 e. The molecule has 1 aliphatic rings. The second-order valence-corrected chi connectivity index (χ2v) is 7.06. The van der Waals surface area contributed by atoms with E-state index in [0.29, 0.717) is 31.3 Å². The van der Waals surface area contributed by atoms with Crippen LogP contribution in [-0.4, -0.2) is 32.9 Å². The lowest BCUT2D eigenvalue weighted by atomic mass is 10.0. The van der Waals surface area contributed by atoms with E-state index in [2.05, 4.69) is 12.2 Å². The van der Waals surface area contributed by atoms with Crippen molar-refractivity contribution in [1.82, 2.24) is 9.62 Å². The summed E-state index contributed by atoms with van der Waals surface area (Å²) in [6.07, 6.45) is 2.93. The Kier molecular flexibility index (Phi) is 4.65. The molecule has 0 aromatic carbocycles. The fourth-order valence-electron chi connectivity index (χ4n) is 2.37.